The zero-order valence-electron chi connectivity index (χ0n) is 11.0. The van der Waals surface area contributed by atoms with Crippen LogP contribution < -0.4 is 5.32 Å². The van der Waals surface area contributed by atoms with Crippen molar-refractivity contribution in [2.45, 2.75) is 4.90 Å². The average molecular weight is 339 g/mol. The summed E-state index contributed by atoms with van der Waals surface area (Å²) >= 11 is 13.4. The number of para-hydroxylation sites is 1. The lowest BCUT2D eigenvalue weighted by Gasteiger charge is -2.11. The van der Waals surface area contributed by atoms with E-state index in [1.165, 1.54) is 12.3 Å². The number of benzene rings is 1. The van der Waals surface area contributed by atoms with Crippen molar-refractivity contribution >= 4 is 46.6 Å². The molecule has 2 aromatic rings. The lowest BCUT2D eigenvalue weighted by Crippen LogP contribution is -2.13. The molecule has 0 atom stereocenters. The zero-order chi connectivity index (χ0) is 15.2. The monoisotopic (exact) mass is 338 g/mol. The highest BCUT2D eigenvalue weighted by atomic mass is 35.5. The van der Waals surface area contributed by atoms with Gasteiger partial charge in [-0.1, -0.05) is 41.4 Å². The first-order valence-electron chi connectivity index (χ1n) is 6.07. The number of nitrogens with zero attached hydrogens (tertiary/aromatic N) is 1. The number of carbonyl (C=O) groups is 1. The fourth-order valence-electron chi connectivity index (χ4n) is 1.62. The molecule has 0 radical (unpaired) electrons. The van der Waals surface area contributed by atoms with Gasteiger partial charge in [0.05, 0.1) is 16.3 Å². The van der Waals surface area contributed by atoms with E-state index in [0.29, 0.717) is 5.56 Å². The second-order valence-electron chi connectivity index (χ2n) is 4.04. The number of rotatable bonds is 5. The standard InChI is InChI=1S/C15H12Cl2N2OS/c1-2-7-21-13-6-4-3-5-12(13)19-15(20)10-8-14(17)18-9-11(10)16/h2-6,8-9H,1,7H2,(H,19,20). The fraction of sp³-hybridized carbons (Fsp3) is 0.0667. The molecule has 0 bridgehead atoms. The summed E-state index contributed by atoms with van der Waals surface area (Å²) in [7, 11) is 0. The highest BCUT2D eigenvalue weighted by Gasteiger charge is 2.13. The van der Waals surface area contributed by atoms with E-state index in [-0.39, 0.29) is 16.1 Å². The number of hydrogen-bond donors (Lipinski definition) is 1. The summed E-state index contributed by atoms with van der Waals surface area (Å²) in [6.07, 6.45) is 3.17. The molecule has 6 heteroatoms. The van der Waals surface area contributed by atoms with Crippen LogP contribution in [-0.4, -0.2) is 16.6 Å². The first kappa shape index (κ1) is 15.9. The van der Waals surface area contributed by atoms with Crippen molar-refractivity contribution in [1.29, 1.82) is 0 Å². The van der Waals surface area contributed by atoms with Crippen molar-refractivity contribution in [1.82, 2.24) is 4.98 Å². The van der Waals surface area contributed by atoms with Crippen LogP contribution in [0.4, 0.5) is 5.69 Å². The van der Waals surface area contributed by atoms with E-state index in [4.69, 9.17) is 23.2 Å². The highest BCUT2D eigenvalue weighted by molar-refractivity contribution is 7.99. The first-order valence-corrected chi connectivity index (χ1v) is 7.81. The van der Waals surface area contributed by atoms with Gasteiger partial charge in [0.1, 0.15) is 5.15 Å². The molecule has 1 heterocycles. The molecule has 2 rings (SSSR count). The average Bonchev–Trinajstić information content (AvgIpc) is 2.48. The van der Waals surface area contributed by atoms with Gasteiger partial charge in [-0.2, -0.15) is 0 Å². The number of halogens is 2. The lowest BCUT2D eigenvalue weighted by atomic mass is 10.2. The summed E-state index contributed by atoms with van der Waals surface area (Å²) in [5.74, 6) is 0.435. The van der Waals surface area contributed by atoms with E-state index in [1.807, 2.05) is 30.3 Å². The van der Waals surface area contributed by atoms with E-state index in [1.54, 1.807) is 11.8 Å². The predicted molar refractivity (Wildman–Crippen MR) is 89.6 cm³/mol. The third-order valence-electron chi connectivity index (χ3n) is 2.56. The molecule has 0 aliphatic carbocycles. The Bertz CT molecular complexity index is 676. The van der Waals surface area contributed by atoms with E-state index in [0.717, 1.165) is 16.3 Å². The van der Waals surface area contributed by atoms with Crippen molar-refractivity contribution in [3.63, 3.8) is 0 Å². The molecule has 0 saturated heterocycles. The maximum absolute atomic E-state index is 12.3. The van der Waals surface area contributed by atoms with Gasteiger partial charge in [-0.3, -0.25) is 4.79 Å². The van der Waals surface area contributed by atoms with Crippen LogP contribution in [0.5, 0.6) is 0 Å². The van der Waals surface area contributed by atoms with Gasteiger partial charge in [0.2, 0.25) is 0 Å². The molecule has 0 spiro atoms. The maximum Gasteiger partial charge on any atom is 0.257 e. The Labute approximate surface area is 137 Å². The van der Waals surface area contributed by atoms with Crippen LogP contribution in [-0.2, 0) is 0 Å². The van der Waals surface area contributed by atoms with Crippen LogP contribution in [0.2, 0.25) is 10.2 Å². The van der Waals surface area contributed by atoms with Crippen molar-refractivity contribution in [2.24, 2.45) is 0 Å². The topological polar surface area (TPSA) is 42.0 Å². The van der Waals surface area contributed by atoms with Gasteiger partial charge < -0.3 is 5.32 Å². The SMILES string of the molecule is C=CCSc1ccccc1NC(=O)c1cc(Cl)ncc1Cl. The fourth-order valence-corrected chi connectivity index (χ4v) is 2.72. The number of thioether (sulfide) groups is 1. The van der Waals surface area contributed by atoms with E-state index >= 15 is 0 Å². The van der Waals surface area contributed by atoms with Gasteiger partial charge in [-0.25, -0.2) is 4.98 Å². The summed E-state index contributed by atoms with van der Waals surface area (Å²) < 4.78 is 0. The molecule has 0 unspecified atom stereocenters. The third kappa shape index (κ3) is 4.24. The Morgan fingerprint density at radius 1 is 1.38 bits per heavy atom. The molecule has 1 N–H and O–H groups in total. The van der Waals surface area contributed by atoms with E-state index in [2.05, 4.69) is 16.9 Å². The minimum Gasteiger partial charge on any atom is -0.321 e. The molecular weight excluding hydrogens is 327 g/mol. The van der Waals surface area contributed by atoms with E-state index in [9.17, 15) is 4.79 Å². The number of aromatic nitrogens is 1. The molecular formula is C15H12Cl2N2OS. The van der Waals surface area contributed by atoms with Gasteiger partial charge >= 0.3 is 0 Å². The summed E-state index contributed by atoms with van der Waals surface area (Å²) in [4.78, 5) is 17.1. The predicted octanol–water partition coefficient (Wildman–Crippen LogP) is 4.92. The second-order valence-corrected chi connectivity index (χ2v) is 5.89. The quantitative estimate of drug-likeness (QED) is 0.478. The molecule has 3 nitrogen and oxygen atoms in total. The molecule has 108 valence electrons. The number of carbonyl (C=O) groups excluding carboxylic acids is 1. The van der Waals surface area contributed by atoms with Crippen LogP contribution in [0.25, 0.3) is 0 Å². The van der Waals surface area contributed by atoms with Gasteiger partial charge in [-0.05, 0) is 18.2 Å². The van der Waals surface area contributed by atoms with E-state index < -0.39 is 0 Å². The zero-order valence-corrected chi connectivity index (χ0v) is 13.3. The van der Waals surface area contributed by atoms with Gasteiger partial charge in [0, 0.05) is 16.8 Å². The van der Waals surface area contributed by atoms with Crippen molar-refractivity contribution in [3.8, 4) is 0 Å². The highest BCUT2D eigenvalue weighted by Crippen LogP contribution is 2.28. The van der Waals surface area contributed by atoms with Gasteiger partial charge in [0.25, 0.3) is 5.91 Å². The van der Waals surface area contributed by atoms with Crippen molar-refractivity contribution < 1.29 is 4.79 Å². The van der Waals surface area contributed by atoms with Gasteiger partial charge in [-0.15, -0.1) is 18.3 Å². The van der Waals surface area contributed by atoms with Crippen LogP contribution in [0.1, 0.15) is 10.4 Å². The Kier molecular flexibility index (Phi) is 5.67. The second kappa shape index (κ2) is 7.50. The summed E-state index contributed by atoms with van der Waals surface area (Å²) in [5, 5.41) is 3.32. The molecule has 21 heavy (non-hydrogen) atoms. The molecule has 1 aromatic carbocycles. The molecule has 1 amide bonds. The summed E-state index contributed by atoms with van der Waals surface area (Å²) in [6.45, 7) is 3.69. The minimum absolute atomic E-state index is 0.221. The largest absolute Gasteiger partial charge is 0.321 e. The Hall–Kier alpha value is -1.49. The smallest absolute Gasteiger partial charge is 0.257 e. The van der Waals surface area contributed by atoms with Crippen LogP contribution in [0.15, 0.2) is 54.1 Å². The molecule has 0 fully saturated rings. The van der Waals surface area contributed by atoms with Crippen LogP contribution in [0, 0.1) is 0 Å². The minimum atomic E-state index is -0.323. The van der Waals surface area contributed by atoms with Crippen LogP contribution >= 0.6 is 35.0 Å². The number of anilines is 1. The molecule has 1 aromatic heterocycles. The maximum atomic E-state index is 12.3. The number of nitrogens with one attached hydrogen (secondary N) is 1. The number of hydrogen-bond acceptors (Lipinski definition) is 3. The number of pyridine rings is 1. The van der Waals surface area contributed by atoms with Crippen LogP contribution in [0.3, 0.4) is 0 Å². The lowest BCUT2D eigenvalue weighted by molar-refractivity contribution is 0.102. The molecule has 0 aliphatic rings. The van der Waals surface area contributed by atoms with Crippen molar-refractivity contribution in [2.75, 3.05) is 11.1 Å². The van der Waals surface area contributed by atoms with Crippen molar-refractivity contribution in [3.05, 3.63) is 64.9 Å². The first-order chi connectivity index (χ1) is 10.1. The normalized spacial score (nSPS) is 10.2. The number of amides is 1. The molecule has 0 saturated carbocycles. The van der Waals surface area contributed by atoms with Gasteiger partial charge in [0.15, 0.2) is 0 Å². The Balaban J connectivity index is 2.23. The summed E-state index contributed by atoms with van der Waals surface area (Å²) in [5.41, 5.74) is 1.01. The Morgan fingerprint density at radius 3 is 2.90 bits per heavy atom. The third-order valence-corrected chi connectivity index (χ3v) is 4.14. The molecule has 0 aliphatic heterocycles. The summed E-state index contributed by atoms with van der Waals surface area (Å²) in [6, 6.07) is 8.98. The Morgan fingerprint density at radius 2 is 2.14 bits per heavy atom.